The molecule has 30 heavy (non-hydrogen) atoms. The van der Waals surface area contributed by atoms with Crippen LogP contribution in [0.25, 0.3) is 16.6 Å². The molecule has 0 fully saturated rings. The minimum atomic E-state index is -0.713. The molecule has 2 N–H and O–H groups in total. The minimum Gasteiger partial charge on any atom is -0.350 e. The lowest BCUT2D eigenvalue weighted by Gasteiger charge is -2.10. The summed E-state index contributed by atoms with van der Waals surface area (Å²) < 4.78 is 31.0. The van der Waals surface area contributed by atoms with Crippen LogP contribution in [-0.4, -0.2) is 43.4 Å². The van der Waals surface area contributed by atoms with E-state index in [-0.39, 0.29) is 22.9 Å². The summed E-state index contributed by atoms with van der Waals surface area (Å²) in [5.41, 5.74) is 7.23. The number of nitrogens with zero attached hydrogens (tertiary/aromatic N) is 6. The van der Waals surface area contributed by atoms with Gasteiger partial charge in [0.1, 0.15) is 17.3 Å². The van der Waals surface area contributed by atoms with E-state index in [9.17, 15) is 13.6 Å². The Morgan fingerprint density at radius 2 is 2.07 bits per heavy atom. The molecular formula is C20H17F2N7O. The molecule has 0 aliphatic carbocycles. The molecular weight excluding hydrogens is 392 g/mol. The van der Waals surface area contributed by atoms with E-state index in [1.54, 1.807) is 31.2 Å². The first-order chi connectivity index (χ1) is 14.3. The van der Waals surface area contributed by atoms with Gasteiger partial charge in [-0.2, -0.15) is 10.2 Å². The number of urea groups is 1. The number of hydrogen-bond donors (Lipinski definition) is 1. The first kappa shape index (κ1) is 19.4. The third-order valence-electron chi connectivity index (χ3n) is 4.67. The molecule has 4 aromatic rings. The predicted molar refractivity (Wildman–Crippen MR) is 107 cm³/mol. The van der Waals surface area contributed by atoms with E-state index >= 15 is 0 Å². The Morgan fingerprint density at radius 3 is 2.83 bits per heavy atom. The summed E-state index contributed by atoms with van der Waals surface area (Å²) >= 11 is 0. The lowest BCUT2D eigenvalue weighted by atomic mass is 10.0. The van der Waals surface area contributed by atoms with E-state index < -0.39 is 17.7 Å². The number of aromatic nitrogens is 4. The molecule has 0 atom stereocenters. The van der Waals surface area contributed by atoms with Crippen LogP contribution in [0.3, 0.4) is 0 Å². The van der Waals surface area contributed by atoms with Crippen molar-refractivity contribution in [2.75, 3.05) is 7.05 Å². The van der Waals surface area contributed by atoms with Gasteiger partial charge in [0.05, 0.1) is 23.1 Å². The van der Waals surface area contributed by atoms with Crippen molar-refractivity contribution < 1.29 is 13.6 Å². The number of carbonyl (C=O) groups excluding carboxylic acids is 1. The highest BCUT2D eigenvalue weighted by atomic mass is 19.1. The summed E-state index contributed by atoms with van der Waals surface area (Å²) in [4.78, 5) is 19.4. The standard InChI is InChI=1S/C20H17F2N7O/c1-11(26-28(2)20(23)30)16-5-6-18-25-10-12(29(18)27-16)8-14-15(21)9-17-13(19(14)22)4-3-7-24-17/h3-7,9-10H,8H2,1-2H3,(H2,23,30)/b26-11+. The molecule has 3 aromatic heterocycles. The summed E-state index contributed by atoms with van der Waals surface area (Å²) in [6.45, 7) is 1.67. The number of carbonyl (C=O) groups is 1. The van der Waals surface area contributed by atoms with Crippen molar-refractivity contribution in [2.24, 2.45) is 10.8 Å². The van der Waals surface area contributed by atoms with E-state index in [0.717, 1.165) is 5.01 Å². The SMILES string of the molecule is C/C(=N\N(C)C(N)=O)c1ccc2ncc(Cc3c(F)cc4ncccc4c3F)n2n1. The molecule has 0 radical (unpaired) electrons. The predicted octanol–water partition coefficient (Wildman–Crippen LogP) is 2.88. The summed E-state index contributed by atoms with van der Waals surface area (Å²) in [6.07, 6.45) is 2.94. The smallest absolute Gasteiger partial charge is 0.334 e. The molecule has 10 heteroatoms. The first-order valence-electron chi connectivity index (χ1n) is 8.99. The van der Waals surface area contributed by atoms with Crippen LogP contribution < -0.4 is 5.73 Å². The van der Waals surface area contributed by atoms with Gasteiger partial charge in [-0.3, -0.25) is 4.98 Å². The van der Waals surface area contributed by atoms with Crippen molar-refractivity contribution in [3.05, 3.63) is 71.3 Å². The van der Waals surface area contributed by atoms with E-state index in [0.29, 0.717) is 22.7 Å². The summed E-state index contributed by atoms with van der Waals surface area (Å²) in [5.74, 6) is -1.35. The second-order valence-corrected chi connectivity index (χ2v) is 6.68. The van der Waals surface area contributed by atoms with Gasteiger partial charge in [0.2, 0.25) is 0 Å². The fourth-order valence-corrected chi connectivity index (χ4v) is 3.10. The van der Waals surface area contributed by atoms with Crippen molar-refractivity contribution in [2.45, 2.75) is 13.3 Å². The molecule has 8 nitrogen and oxygen atoms in total. The van der Waals surface area contributed by atoms with Crippen LogP contribution in [0.4, 0.5) is 13.6 Å². The number of halogens is 2. The minimum absolute atomic E-state index is 0.0580. The number of rotatable bonds is 4. The largest absolute Gasteiger partial charge is 0.350 e. The van der Waals surface area contributed by atoms with E-state index in [4.69, 9.17) is 5.73 Å². The van der Waals surface area contributed by atoms with Gasteiger partial charge in [0.25, 0.3) is 0 Å². The zero-order valence-electron chi connectivity index (χ0n) is 16.2. The molecule has 0 bridgehead atoms. The van der Waals surface area contributed by atoms with Crippen molar-refractivity contribution in [3.8, 4) is 0 Å². The number of fused-ring (bicyclic) bond motifs is 2. The van der Waals surface area contributed by atoms with E-state index in [2.05, 4.69) is 20.2 Å². The molecule has 152 valence electrons. The number of hydrazone groups is 1. The Bertz CT molecular complexity index is 1320. The van der Waals surface area contributed by atoms with Crippen molar-refractivity contribution in [1.82, 2.24) is 24.6 Å². The molecule has 1 aromatic carbocycles. The summed E-state index contributed by atoms with van der Waals surface area (Å²) in [5, 5.41) is 9.75. The third kappa shape index (κ3) is 3.43. The van der Waals surface area contributed by atoms with E-state index in [1.807, 2.05) is 0 Å². The van der Waals surface area contributed by atoms with Gasteiger partial charge in [-0.05, 0) is 31.2 Å². The summed E-state index contributed by atoms with van der Waals surface area (Å²) in [7, 11) is 1.42. The lowest BCUT2D eigenvalue weighted by molar-refractivity contribution is 0.220. The van der Waals surface area contributed by atoms with Gasteiger partial charge >= 0.3 is 6.03 Å². The maximum Gasteiger partial charge on any atom is 0.334 e. The number of nitrogens with two attached hydrogens (primary N) is 1. The second-order valence-electron chi connectivity index (χ2n) is 6.68. The fraction of sp³-hybridized carbons (Fsp3) is 0.150. The molecule has 0 aliphatic rings. The van der Waals surface area contributed by atoms with E-state index in [1.165, 1.54) is 30.0 Å². The topological polar surface area (TPSA) is 102 Å². The van der Waals surface area contributed by atoms with Crippen LogP contribution in [0.2, 0.25) is 0 Å². The Hall–Kier alpha value is -3.95. The fourth-order valence-electron chi connectivity index (χ4n) is 3.10. The molecule has 0 spiro atoms. The van der Waals surface area contributed by atoms with Crippen LogP contribution in [0, 0.1) is 11.6 Å². The van der Waals surface area contributed by atoms with Crippen molar-refractivity contribution in [1.29, 1.82) is 0 Å². The van der Waals surface area contributed by atoms with Gasteiger partial charge in [-0.1, -0.05) is 0 Å². The number of amides is 2. The zero-order chi connectivity index (χ0) is 21.4. The molecule has 4 rings (SSSR count). The Morgan fingerprint density at radius 1 is 1.27 bits per heavy atom. The Balaban J connectivity index is 1.76. The monoisotopic (exact) mass is 409 g/mol. The zero-order valence-corrected chi connectivity index (χ0v) is 16.2. The van der Waals surface area contributed by atoms with Crippen LogP contribution in [-0.2, 0) is 6.42 Å². The quantitative estimate of drug-likeness (QED) is 0.414. The van der Waals surface area contributed by atoms with Gasteiger partial charge in [-0.25, -0.2) is 28.1 Å². The Kier molecular flexibility index (Phi) is 4.82. The van der Waals surface area contributed by atoms with Gasteiger partial charge in [0, 0.05) is 36.7 Å². The van der Waals surface area contributed by atoms with Gasteiger partial charge in [0.15, 0.2) is 5.65 Å². The number of pyridine rings is 1. The molecule has 0 unspecified atom stereocenters. The number of imidazole rings is 1. The number of benzene rings is 1. The van der Waals surface area contributed by atoms with Crippen LogP contribution in [0.15, 0.2) is 47.8 Å². The number of primary amides is 1. The average molecular weight is 409 g/mol. The summed E-state index contributed by atoms with van der Waals surface area (Å²) in [6, 6.07) is 7.04. The maximum atomic E-state index is 15.0. The lowest BCUT2D eigenvalue weighted by Crippen LogP contribution is -2.28. The molecule has 3 heterocycles. The van der Waals surface area contributed by atoms with Gasteiger partial charge in [-0.15, -0.1) is 0 Å². The first-order valence-corrected chi connectivity index (χ1v) is 8.99. The second kappa shape index (κ2) is 7.47. The van der Waals surface area contributed by atoms with Crippen LogP contribution >= 0.6 is 0 Å². The molecule has 0 saturated heterocycles. The van der Waals surface area contributed by atoms with Crippen molar-refractivity contribution in [3.63, 3.8) is 0 Å². The molecule has 0 aliphatic heterocycles. The van der Waals surface area contributed by atoms with Crippen LogP contribution in [0.1, 0.15) is 23.9 Å². The van der Waals surface area contributed by atoms with Crippen molar-refractivity contribution >= 4 is 28.3 Å². The average Bonchev–Trinajstić information content (AvgIpc) is 3.13. The highest BCUT2D eigenvalue weighted by Crippen LogP contribution is 2.25. The Labute approximate surface area is 169 Å². The third-order valence-corrected chi connectivity index (χ3v) is 4.67. The van der Waals surface area contributed by atoms with Gasteiger partial charge < -0.3 is 5.73 Å². The van der Waals surface area contributed by atoms with Crippen LogP contribution in [0.5, 0.6) is 0 Å². The highest BCUT2D eigenvalue weighted by Gasteiger charge is 2.17. The molecule has 2 amide bonds. The normalized spacial score (nSPS) is 11.9. The highest BCUT2D eigenvalue weighted by molar-refractivity contribution is 5.97. The molecule has 0 saturated carbocycles. The maximum absolute atomic E-state index is 15.0. The number of hydrogen-bond acceptors (Lipinski definition) is 5.